The zero-order valence-electron chi connectivity index (χ0n) is 16.3. The molecule has 23 heavy (non-hydrogen) atoms. The Morgan fingerprint density at radius 2 is 1.13 bits per heavy atom. The number of rotatable bonds is 18. The number of unbranched alkanes of at least 4 members (excludes halogenated alkanes) is 2. The van der Waals surface area contributed by atoms with Gasteiger partial charge in [-0.2, -0.15) is 0 Å². The Bertz CT molecular complexity index is 202. The molecule has 0 fully saturated rings. The van der Waals surface area contributed by atoms with Crippen molar-refractivity contribution in [1.82, 2.24) is 5.32 Å². The number of hydrogen-bond donors (Lipinski definition) is 0. The minimum absolute atomic E-state index is 0.729. The molecule has 1 radical (unpaired) electrons. The van der Waals surface area contributed by atoms with Crippen molar-refractivity contribution in [1.29, 1.82) is 0 Å². The van der Waals surface area contributed by atoms with E-state index in [1.807, 2.05) is 0 Å². The van der Waals surface area contributed by atoms with E-state index < -0.39 is 0 Å². The average Bonchev–Trinajstić information content (AvgIpc) is 2.58. The van der Waals surface area contributed by atoms with Crippen molar-refractivity contribution in [3.05, 3.63) is 0 Å². The van der Waals surface area contributed by atoms with E-state index in [0.717, 1.165) is 51.4 Å². The molecule has 0 heterocycles. The molecule has 2 unspecified atom stereocenters. The Labute approximate surface area is 145 Å². The van der Waals surface area contributed by atoms with Crippen molar-refractivity contribution in [2.75, 3.05) is 39.5 Å². The molecule has 0 aliphatic rings. The van der Waals surface area contributed by atoms with E-state index in [1.54, 1.807) is 0 Å². The second-order valence-corrected chi connectivity index (χ2v) is 6.65. The summed E-state index contributed by atoms with van der Waals surface area (Å²) in [7, 11) is 0. The molecular formula is C20H42NO2. The van der Waals surface area contributed by atoms with Gasteiger partial charge in [-0.3, -0.25) is 0 Å². The minimum atomic E-state index is 0.729. The maximum Gasteiger partial charge on any atom is 0.0607 e. The quantitative estimate of drug-likeness (QED) is 0.330. The summed E-state index contributed by atoms with van der Waals surface area (Å²) in [6.45, 7) is 14.0. The molecule has 0 aromatic rings. The Hall–Kier alpha value is -0.120. The van der Waals surface area contributed by atoms with E-state index in [2.05, 4.69) is 33.0 Å². The molecule has 139 valence electrons. The number of hydrogen-bond acceptors (Lipinski definition) is 2. The molecule has 0 bridgehead atoms. The van der Waals surface area contributed by atoms with Crippen LogP contribution in [0.3, 0.4) is 0 Å². The number of nitrogens with zero attached hydrogens (tertiary/aromatic N) is 1. The van der Waals surface area contributed by atoms with Gasteiger partial charge in [-0.1, -0.05) is 66.2 Å². The molecule has 0 N–H and O–H groups in total. The number of ether oxygens (including phenoxy) is 2. The summed E-state index contributed by atoms with van der Waals surface area (Å²) >= 11 is 0. The van der Waals surface area contributed by atoms with Crippen LogP contribution >= 0.6 is 0 Å². The fourth-order valence-corrected chi connectivity index (χ4v) is 2.67. The maximum absolute atomic E-state index is 5.76. The lowest BCUT2D eigenvalue weighted by atomic mass is 10.0. The zero-order chi connectivity index (χ0) is 17.2. The first-order valence-corrected chi connectivity index (χ1v) is 10.1. The lowest BCUT2D eigenvalue weighted by molar-refractivity contribution is 0.0834. The van der Waals surface area contributed by atoms with Crippen LogP contribution in [0.4, 0.5) is 0 Å². The van der Waals surface area contributed by atoms with E-state index >= 15 is 0 Å². The largest absolute Gasteiger partial charge is 0.380 e. The van der Waals surface area contributed by atoms with Gasteiger partial charge in [0.25, 0.3) is 0 Å². The van der Waals surface area contributed by atoms with Crippen molar-refractivity contribution in [3.63, 3.8) is 0 Å². The molecule has 0 amide bonds. The molecule has 3 nitrogen and oxygen atoms in total. The molecular weight excluding hydrogens is 286 g/mol. The third-order valence-electron chi connectivity index (χ3n) is 4.58. The zero-order valence-corrected chi connectivity index (χ0v) is 16.3. The van der Waals surface area contributed by atoms with E-state index in [1.165, 1.54) is 51.4 Å². The first-order valence-electron chi connectivity index (χ1n) is 10.1. The summed E-state index contributed by atoms with van der Waals surface area (Å²) in [6, 6.07) is 0. The van der Waals surface area contributed by atoms with Gasteiger partial charge in [-0.15, -0.1) is 0 Å². The highest BCUT2D eigenvalue weighted by Gasteiger charge is 2.06. The molecule has 0 saturated heterocycles. The van der Waals surface area contributed by atoms with Crippen LogP contribution < -0.4 is 5.32 Å². The lowest BCUT2D eigenvalue weighted by Gasteiger charge is -2.15. The van der Waals surface area contributed by atoms with E-state index in [4.69, 9.17) is 9.47 Å². The molecule has 0 aliphatic heterocycles. The smallest absolute Gasteiger partial charge is 0.0607 e. The highest BCUT2D eigenvalue weighted by Crippen LogP contribution is 2.13. The monoisotopic (exact) mass is 328 g/mol. The van der Waals surface area contributed by atoms with Crippen LogP contribution in [-0.2, 0) is 9.47 Å². The van der Waals surface area contributed by atoms with Crippen molar-refractivity contribution >= 4 is 0 Å². The van der Waals surface area contributed by atoms with Gasteiger partial charge in [0.05, 0.1) is 13.2 Å². The maximum atomic E-state index is 5.76. The molecule has 0 saturated carbocycles. The van der Waals surface area contributed by atoms with Gasteiger partial charge in [0.15, 0.2) is 0 Å². The normalized spacial score (nSPS) is 14.1. The van der Waals surface area contributed by atoms with Gasteiger partial charge in [0, 0.05) is 26.3 Å². The van der Waals surface area contributed by atoms with Crippen molar-refractivity contribution in [2.45, 2.75) is 79.1 Å². The Kier molecular flexibility index (Phi) is 18.1. The highest BCUT2D eigenvalue weighted by molar-refractivity contribution is 4.57. The summed E-state index contributed by atoms with van der Waals surface area (Å²) in [5.41, 5.74) is 0. The molecule has 0 aromatic carbocycles. The van der Waals surface area contributed by atoms with E-state index in [9.17, 15) is 0 Å². The topological polar surface area (TPSA) is 32.6 Å². The fourth-order valence-electron chi connectivity index (χ4n) is 2.67. The fraction of sp³-hybridized carbons (Fsp3) is 1.00. The molecule has 0 aliphatic carbocycles. The third-order valence-corrected chi connectivity index (χ3v) is 4.58. The Morgan fingerprint density at radius 1 is 0.696 bits per heavy atom. The SMILES string of the molecule is CCCCC(CC)COCC[N]CCOCC(CC)CCCC. The van der Waals surface area contributed by atoms with Crippen LogP contribution in [0.2, 0.25) is 0 Å². The highest BCUT2D eigenvalue weighted by atomic mass is 16.5. The van der Waals surface area contributed by atoms with Gasteiger partial charge in [-0.25, -0.2) is 5.32 Å². The van der Waals surface area contributed by atoms with Gasteiger partial charge < -0.3 is 9.47 Å². The summed E-state index contributed by atoms with van der Waals surface area (Å²) in [6.07, 6.45) is 10.2. The standard InChI is InChI=1S/C20H42NO2/c1-5-9-11-19(7-3)17-22-15-13-21-14-16-23-18-20(8-4)12-10-6-2/h19-20H,5-18H2,1-4H3. The average molecular weight is 329 g/mol. The first kappa shape index (κ1) is 22.9. The van der Waals surface area contributed by atoms with Crippen molar-refractivity contribution in [3.8, 4) is 0 Å². The molecule has 0 aromatic heterocycles. The second-order valence-electron chi connectivity index (χ2n) is 6.65. The summed E-state index contributed by atoms with van der Waals surface area (Å²) in [5.74, 6) is 1.46. The summed E-state index contributed by atoms with van der Waals surface area (Å²) < 4.78 is 11.5. The molecule has 0 spiro atoms. The predicted molar refractivity (Wildman–Crippen MR) is 100 cm³/mol. The van der Waals surface area contributed by atoms with Crippen LogP contribution in [0.1, 0.15) is 79.1 Å². The van der Waals surface area contributed by atoms with Gasteiger partial charge in [-0.05, 0) is 24.7 Å². The van der Waals surface area contributed by atoms with Crippen molar-refractivity contribution < 1.29 is 9.47 Å². The van der Waals surface area contributed by atoms with Crippen LogP contribution in [0, 0.1) is 11.8 Å². The molecule has 3 heteroatoms. The predicted octanol–water partition coefficient (Wildman–Crippen LogP) is 5.06. The minimum Gasteiger partial charge on any atom is -0.380 e. The Balaban J connectivity index is 3.35. The van der Waals surface area contributed by atoms with Gasteiger partial charge in [0.1, 0.15) is 0 Å². The van der Waals surface area contributed by atoms with E-state index in [0.29, 0.717) is 0 Å². The van der Waals surface area contributed by atoms with Gasteiger partial charge in [0.2, 0.25) is 0 Å². The summed E-state index contributed by atoms with van der Waals surface area (Å²) in [5, 5.41) is 4.49. The van der Waals surface area contributed by atoms with Gasteiger partial charge >= 0.3 is 0 Å². The van der Waals surface area contributed by atoms with Crippen molar-refractivity contribution in [2.24, 2.45) is 11.8 Å². The van der Waals surface area contributed by atoms with Crippen LogP contribution in [-0.4, -0.2) is 39.5 Å². The summed E-state index contributed by atoms with van der Waals surface area (Å²) in [4.78, 5) is 0. The van der Waals surface area contributed by atoms with E-state index in [-0.39, 0.29) is 0 Å². The van der Waals surface area contributed by atoms with Crippen LogP contribution in [0.15, 0.2) is 0 Å². The van der Waals surface area contributed by atoms with Crippen LogP contribution in [0.25, 0.3) is 0 Å². The second kappa shape index (κ2) is 18.2. The Morgan fingerprint density at radius 3 is 1.48 bits per heavy atom. The molecule has 2 atom stereocenters. The molecule has 0 rings (SSSR count). The lowest BCUT2D eigenvalue weighted by Crippen LogP contribution is -2.20. The van der Waals surface area contributed by atoms with Crippen LogP contribution in [0.5, 0.6) is 0 Å². The third kappa shape index (κ3) is 15.2. The first-order chi connectivity index (χ1) is 11.3.